The van der Waals surface area contributed by atoms with Crippen molar-refractivity contribution in [1.29, 1.82) is 0 Å². The molecule has 0 aromatic rings. The number of carboxylic acid groups (broad SMARTS) is 1. The highest BCUT2D eigenvalue weighted by atomic mass is 32.2. The zero-order valence-corrected chi connectivity index (χ0v) is 27.4. The maximum Gasteiger partial charge on any atom is 0.318 e. The molecule has 0 rings (SSSR count). The molecule has 234 valence electrons. The molecule has 0 aliphatic carbocycles. The van der Waals surface area contributed by atoms with Gasteiger partial charge >= 0.3 is 5.97 Å². The minimum Gasteiger partial charge on any atom is -0.480 e. The molecule has 0 aliphatic heterocycles. The average Bonchev–Trinajstić information content (AvgIpc) is 2.87. The van der Waals surface area contributed by atoms with Crippen molar-refractivity contribution in [2.45, 2.75) is 181 Å². The van der Waals surface area contributed by atoms with Gasteiger partial charge in [-0.15, -0.1) is 12.6 Å². The van der Waals surface area contributed by atoms with Crippen LogP contribution in [0.15, 0.2) is 0 Å². The van der Waals surface area contributed by atoms with Gasteiger partial charge in [0.05, 0.1) is 5.75 Å². The summed E-state index contributed by atoms with van der Waals surface area (Å²) < 4.78 is 22.7. The van der Waals surface area contributed by atoms with E-state index in [1.54, 1.807) is 0 Å². The van der Waals surface area contributed by atoms with Crippen molar-refractivity contribution in [1.82, 2.24) is 0 Å². The molecule has 0 spiro atoms. The molecule has 0 unspecified atom stereocenters. The maximum absolute atomic E-state index is 11.3. The van der Waals surface area contributed by atoms with Gasteiger partial charge in [-0.25, -0.2) is 8.42 Å². The highest BCUT2D eigenvalue weighted by Gasteiger charge is 2.14. The van der Waals surface area contributed by atoms with Crippen LogP contribution >= 0.6 is 12.6 Å². The first-order valence-electron chi connectivity index (χ1n) is 16.4. The number of unbranched alkanes of at least 4 members (excludes halogenated alkanes) is 23. The lowest BCUT2D eigenvalue weighted by molar-refractivity contribution is -0.134. The first-order chi connectivity index (χ1) is 18.7. The third-order valence-electron chi connectivity index (χ3n) is 7.15. The van der Waals surface area contributed by atoms with Crippen molar-refractivity contribution >= 4 is 33.6 Å². The SMILES string of the molecule is CCCCCCCCCCCCCCCC(=O)S.CCCCCCCCCCCCCCS(=O)(=O)CC(=O)O. The van der Waals surface area contributed by atoms with Crippen LogP contribution in [-0.2, 0) is 19.4 Å². The van der Waals surface area contributed by atoms with E-state index in [1.165, 1.54) is 128 Å². The number of carboxylic acids is 1. The summed E-state index contributed by atoms with van der Waals surface area (Å²) in [5.41, 5.74) is 0. The highest BCUT2D eigenvalue weighted by Crippen LogP contribution is 2.14. The van der Waals surface area contributed by atoms with Gasteiger partial charge in [-0.2, -0.15) is 0 Å². The van der Waals surface area contributed by atoms with Crippen molar-refractivity contribution in [2.75, 3.05) is 11.5 Å². The molecule has 5 nitrogen and oxygen atoms in total. The Morgan fingerprint density at radius 2 is 0.795 bits per heavy atom. The molecule has 0 aromatic heterocycles. The third-order valence-corrected chi connectivity index (χ3v) is 8.97. The van der Waals surface area contributed by atoms with Gasteiger partial charge in [0.15, 0.2) is 15.0 Å². The van der Waals surface area contributed by atoms with Crippen LogP contribution in [0, 0.1) is 0 Å². The molecule has 0 aliphatic rings. The Hall–Kier alpha value is -0.560. The number of carbonyl (C=O) groups is 2. The summed E-state index contributed by atoms with van der Waals surface area (Å²) in [5, 5.41) is 8.50. The van der Waals surface area contributed by atoms with Gasteiger partial charge in [0, 0.05) is 6.42 Å². The molecule has 0 radical (unpaired) electrons. The Balaban J connectivity index is 0. The summed E-state index contributed by atoms with van der Waals surface area (Å²) in [6.07, 6.45) is 32.4. The summed E-state index contributed by atoms with van der Waals surface area (Å²) in [4.78, 5) is 21.0. The van der Waals surface area contributed by atoms with Crippen LogP contribution in [-0.4, -0.2) is 36.1 Å². The van der Waals surface area contributed by atoms with E-state index in [0.29, 0.717) is 12.8 Å². The highest BCUT2D eigenvalue weighted by molar-refractivity contribution is 7.96. The molecule has 0 heterocycles. The summed E-state index contributed by atoms with van der Waals surface area (Å²) in [7, 11) is -3.39. The quantitative estimate of drug-likeness (QED) is 0.0666. The molecular weight excluding hydrogens is 528 g/mol. The Kier molecular flexibility index (Phi) is 33.3. The van der Waals surface area contributed by atoms with Crippen molar-refractivity contribution in [3.8, 4) is 0 Å². The number of sulfone groups is 1. The summed E-state index contributed by atoms with van der Waals surface area (Å²) >= 11 is 3.77. The number of thiol groups is 1. The molecule has 0 atom stereocenters. The van der Waals surface area contributed by atoms with Crippen LogP contribution in [0.1, 0.15) is 181 Å². The summed E-state index contributed by atoms with van der Waals surface area (Å²) in [5.74, 6) is -1.98. The molecule has 7 heteroatoms. The first kappa shape index (κ1) is 40.6. The van der Waals surface area contributed by atoms with Gasteiger partial charge in [0.25, 0.3) is 0 Å². The molecule has 0 bridgehead atoms. The van der Waals surface area contributed by atoms with Gasteiger partial charge < -0.3 is 5.11 Å². The van der Waals surface area contributed by atoms with Crippen molar-refractivity contribution < 1.29 is 23.1 Å². The standard InChI is InChI=1S/C16H32O4S.C16H32OS/c1-2-3-4-5-6-7-8-9-10-11-12-13-14-21(19,20)15-16(17)18;1-2-3-4-5-6-7-8-9-10-11-12-13-14-15-16(17)18/h2-15H2,1H3,(H,17,18);2-15H2,1H3,(H,17,18). The predicted molar refractivity (Wildman–Crippen MR) is 172 cm³/mol. The molecule has 0 fully saturated rings. The molecule has 1 N–H and O–H groups in total. The number of hydrogen-bond acceptors (Lipinski definition) is 4. The number of aliphatic carboxylic acids is 1. The molecule has 0 amide bonds. The second kappa shape index (κ2) is 32.0. The molecule has 0 saturated heterocycles. The van der Waals surface area contributed by atoms with Gasteiger partial charge in [0.1, 0.15) is 5.75 Å². The largest absolute Gasteiger partial charge is 0.480 e. The van der Waals surface area contributed by atoms with E-state index in [0.717, 1.165) is 25.7 Å². The third kappa shape index (κ3) is 39.6. The zero-order valence-electron chi connectivity index (χ0n) is 25.7. The molecule has 0 saturated carbocycles. The minimum absolute atomic E-state index is 0.0106. The normalized spacial score (nSPS) is 11.3. The van der Waals surface area contributed by atoms with E-state index < -0.39 is 21.6 Å². The van der Waals surface area contributed by atoms with Crippen molar-refractivity contribution in [3.05, 3.63) is 0 Å². The molecular formula is C32H64O5S2. The lowest BCUT2D eigenvalue weighted by atomic mass is 10.0. The van der Waals surface area contributed by atoms with Crippen molar-refractivity contribution in [2.24, 2.45) is 0 Å². The average molecular weight is 593 g/mol. The summed E-state index contributed by atoms with van der Waals surface area (Å²) in [6, 6.07) is 0. The first-order valence-corrected chi connectivity index (χ1v) is 18.7. The maximum atomic E-state index is 11.3. The smallest absolute Gasteiger partial charge is 0.318 e. The van der Waals surface area contributed by atoms with E-state index >= 15 is 0 Å². The topological polar surface area (TPSA) is 88.5 Å². The van der Waals surface area contributed by atoms with E-state index in [4.69, 9.17) is 5.11 Å². The van der Waals surface area contributed by atoms with Crippen LogP contribution in [0.3, 0.4) is 0 Å². The zero-order chi connectivity index (χ0) is 29.5. The Labute approximate surface area is 248 Å². The number of rotatable bonds is 29. The van der Waals surface area contributed by atoms with Gasteiger partial charge in [-0.3, -0.25) is 9.59 Å². The van der Waals surface area contributed by atoms with Crippen LogP contribution in [0.5, 0.6) is 0 Å². The van der Waals surface area contributed by atoms with Crippen LogP contribution < -0.4 is 0 Å². The fourth-order valence-electron chi connectivity index (χ4n) is 4.72. The number of hydrogen-bond donors (Lipinski definition) is 2. The lowest BCUT2D eigenvalue weighted by Crippen LogP contribution is -2.18. The fraction of sp³-hybridized carbons (Fsp3) is 0.938. The lowest BCUT2D eigenvalue weighted by Gasteiger charge is -2.03. The molecule has 0 aromatic carbocycles. The van der Waals surface area contributed by atoms with Crippen LogP contribution in [0.25, 0.3) is 0 Å². The Morgan fingerprint density at radius 1 is 0.513 bits per heavy atom. The van der Waals surface area contributed by atoms with Gasteiger partial charge in [-0.05, 0) is 12.8 Å². The van der Waals surface area contributed by atoms with Gasteiger partial charge in [0.2, 0.25) is 0 Å². The van der Waals surface area contributed by atoms with Crippen LogP contribution in [0.2, 0.25) is 0 Å². The second-order valence-electron chi connectivity index (χ2n) is 11.3. The Bertz CT molecular complexity index is 634. The fourth-order valence-corrected chi connectivity index (χ4v) is 6.04. The van der Waals surface area contributed by atoms with Gasteiger partial charge in [-0.1, -0.05) is 162 Å². The predicted octanol–water partition coefficient (Wildman–Crippen LogP) is 10.1. The van der Waals surface area contributed by atoms with E-state index in [9.17, 15) is 18.0 Å². The molecule has 39 heavy (non-hydrogen) atoms. The number of carbonyl (C=O) groups excluding carboxylic acids is 1. The van der Waals surface area contributed by atoms with Crippen LogP contribution in [0.4, 0.5) is 0 Å². The monoisotopic (exact) mass is 592 g/mol. The van der Waals surface area contributed by atoms with Crippen molar-refractivity contribution in [3.63, 3.8) is 0 Å². The summed E-state index contributed by atoms with van der Waals surface area (Å²) in [6.45, 7) is 4.50. The minimum atomic E-state index is -3.39. The van der Waals surface area contributed by atoms with E-state index in [1.807, 2.05) is 0 Å². The van der Waals surface area contributed by atoms with E-state index in [2.05, 4.69) is 26.5 Å². The van der Waals surface area contributed by atoms with E-state index in [-0.39, 0.29) is 10.9 Å². The second-order valence-corrected chi connectivity index (χ2v) is 13.9. The Morgan fingerprint density at radius 3 is 1.08 bits per heavy atom.